The number of aromatic nitrogens is 3. The molecule has 3 nitrogen and oxygen atoms in total. The molecule has 0 fully saturated rings. The van der Waals surface area contributed by atoms with Crippen molar-refractivity contribution in [1.82, 2.24) is 14.5 Å². The SMILES string of the molecule is c1ccc(-c2cc(-c3ccc(-c4cccc5c4c4ccccc4n5-c4ccccc4)c4ccccc34)nc(-c3ccccc3)n2)cc1. The van der Waals surface area contributed by atoms with Crippen LogP contribution in [0.25, 0.3) is 83.3 Å². The fourth-order valence-corrected chi connectivity index (χ4v) is 6.91. The maximum absolute atomic E-state index is 5.17. The molecule has 0 aliphatic heterocycles. The van der Waals surface area contributed by atoms with Gasteiger partial charge in [0.05, 0.1) is 22.4 Å². The van der Waals surface area contributed by atoms with Crippen LogP contribution in [-0.4, -0.2) is 14.5 Å². The second kappa shape index (κ2) is 11.2. The molecule has 0 saturated heterocycles. The Hall–Kier alpha value is -6.32. The molecule has 0 N–H and O–H groups in total. The molecule has 0 atom stereocenters. The third kappa shape index (κ3) is 4.60. The Kier molecular flexibility index (Phi) is 6.46. The van der Waals surface area contributed by atoms with Crippen LogP contribution in [0.4, 0.5) is 0 Å². The number of hydrogen-bond donors (Lipinski definition) is 0. The minimum Gasteiger partial charge on any atom is -0.309 e. The average Bonchev–Trinajstić information content (AvgIpc) is 3.50. The number of rotatable bonds is 5. The van der Waals surface area contributed by atoms with Crippen molar-refractivity contribution in [2.45, 2.75) is 0 Å². The van der Waals surface area contributed by atoms with Crippen molar-refractivity contribution < 1.29 is 0 Å². The van der Waals surface area contributed by atoms with Crippen LogP contribution >= 0.6 is 0 Å². The van der Waals surface area contributed by atoms with Crippen LogP contribution in [0.5, 0.6) is 0 Å². The Morgan fingerprint density at radius 3 is 1.66 bits per heavy atom. The maximum atomic E-state index is 5.17. The molecule has 0 aliphatic carbocycles. The number of fused-ring (bicyclic) bond motifs is 4. The Morgan fingerprint density at radius 2 is 0.915 bits per heavy atom. The van der Waals surface area contributed by atoms with E-state index in [1.807, 2.05) is 24.3 Å². The first-order chi connectivity index (χ1) is 23.3. The van der Waals surface area contributed by atoms with Gasteiger partial charge in [-0.25, -0.2) is 9.97 Å². The molecule has 9 rings (SSSR count). The van der Waals surface area contributed by atoms with Crippen molar-refractivity contribution in [3.05, 3.63) is 176 Å². The van der Waals surface area contributed by atoms with Crippen LogP contribution in [-0.2, 0) is 0 Å². The highest BCUT2D eigenvalue weighted by Gasteiger charge is 2.19. The molecular formula is C44H29N3. The van der Waals surface area contributed by atoms with Crippen LogP contribution in [0.1, 0.15) is 0 Å². The van der Waals surface area contributed by atoms with Crippen LogP contribution in [0, 0.1) is 0 Å². The van der Waals surface area contributed by atoms with Crippen molar-refractivity contribution in [3.63, 3.8) is 0 Å². The Bertz CT molecular complexity index is 2490. The number of para-hydroxylation sites is 2. The van der Waals surface area contributed by atoms with Crippen LogP contribution in [0.2, 0.25) is 0 Å². The van der Waals surface area contributed by atoms with Gasteiger partial charge < -0.3 is 4.57 Å². The summed E-state index contributed by atoms with van der Waals surface area (Å²) in [5, 5.41) is 4.84. The van der Waals surface area contributed by atoms with E-state index in [1.165, 1.54) is 38.3 Å². The van der Waals surface area contributed by atoms with Gasteiger partial charge in [0, 0.05) is 33.2 Å². The molecule has 0 spiro atoms. The van der Waals surface area contributed by atoms with Crippen LogP contribution in [0.15, 0.2) is 176 Å². The molecule has 0 saturated carbocycles. The Labute approximate surface area is 273 Å². The van der Waals surface area contributed by atoms with Gasteiger partial charge in [0.25, 0.3) is 0 Å². The van der Waals surface area contributed by atoms with Gasteiger partial charge in [0.15, 0.2) is 5.82 Å². The van der Waals surface area contributed by atoms with E-state index in [1.54, 1.807) is 0 Å². The molecule has 9 aromatic rings. The zero-order valence-corrected chi connectivity index (χ0v) is 25.6. The highest BCUT2D eigenvalue weighted by molar-refractivity contribution is 6.18. The minimum atomic E-state index is 0.716. The molecule has 0 aliphatic rings. The number of benzene rings is 7. The predicted molar refractivity (Wildman–Crippen MR) is 196 cm³/mol. The summed E-state index contributed by atoms with van der Waals surface area (Å²) in [6.45, 7) is 0. The van der Waals surface area contributed by atoms with Crippen molar-refractivity contribution >= 4 is 32.6 Å². The molecule has 2 aromatic heterocycles. The fourth-order valence-electron chi connectivity index (χ4n) is 6.91. The largest absolute Gasteiger partial charge is 0.309 e. The lowest BCUT2D eigenvalue weighted by atomic mass is 9.91. The van der Waals surface area contributed by atoms with Gasteiger partial charge in [0.1, 0.15) is 0 Å². The van der Waals surface area contributed by atoms with Gasteiger partial charge in [-0.2, -0.15) is 0 Å². The molecule has 2 heterocycles. The van der Waals surface area contributed by atoms with E-state index in [4.69, 9.17) is 9.97 Å². The van der Waals surface area contributed by atoms with E-state index in [-0.39, 0.29) is 0 Å². The van der Waals surface area contributed by atoms with Gasteiger partial charge in [-0.3, -0.25) is 0 Å². The zero-order chi connectivity index (χ0) is 31.2. The second-order valence-corrected chi connectivity index (χ2v) is 11.8. The maximum Gasteiger partial charge on any atom is 0.160 e. The summed E-state index contributed by atoms with van der Waals surface area (Å²) in [5.74, 6) is 0.716. The van der Waals surface area contributed by atoms with Gasteiger partial charge in [-0.1, -0.05) is 146 Å². The third-order valence-electron chi connectivity index (χ3n) is 9.03. The van der Waals surface area contributed by atoms with Crippen molar-refractivity contribution in [2.24, 2.45) is 0 Å². The standard InChI is InChI=1S/C44H29N3/c1-4-15-30(16-5-1)39-29-40(46-44(45-39)31-17-6-2-7-18-31)36-28-27-35(33-21-10-11-22-34(33)36)37-24-14-26-42-43(37)38-23-12-13-25-41(38)47(42)32-19-8-3-9-20-32/h1-29H. The lowest BCUT2D eigenvalue weighted by Gasteiger charge is -2.15. The van der Waals surface area contributed by atoms with Gasteiger partial charge in [-0.05, 0) is 52.2 Å². The summed E-state index contributed by atoms with van der Waals surface area (Å²) in [4.78, 5) is 10.2. The molecule has 47 heavy (non-hydrogen) atoms. The molecule has 0 unspecified atom stereocenters. The summed E-state index contributed by atoms with van der Waals surface area (Å²) >= 11 is 0. The second-order valence-electron chi connectivity index (χ2n) is 11.8. The van der Waals surface area contributed by atoms with Crippen molar-refractivity contribution in [3.8, 4) is 50.7 Å². The first-order valence-electron chi connectivity index (χ1n) is 15.9. The normalized spacial score (nSPS) is 11.4. The average molecular weight is 600 g/mol. The van der Waals surface area contributed by atoms with Gasteiger partial charge in [-0.15, -0.1) is 0 Å². The van der Waals surface area contributed by atoms with Crippen LogP contribution in [0.3, 0.4) is 0 Å². The summed E-state index contributed by atoms with van der Waals surface area (Å²) in [6.07, 6.45) is 0. The Morgan fingerprint density at radius 1 is 0.362 bits per heavy atom. The lowest BCUT2D eigenvalue weighted by molar-refractivity contribution is 1.18. The molecule has 0 radical (unpaired) electrons. The van der Waals surface area contributed by atoms with E-state index in [0.29, 0.717) is 5.82 Å². The van der Waals surface area contributed by atoms with E-state index in [0.717, 1.165) is 39.2 Å². The van der Waals surface area contributed by atoms with E-state index < -0.39 is 0 Å². The molecule has 220 valence electrons. The lowest BCUT2D eigenvalue weighted by Crippen LogP contribution is -1.96. The van der Waals surface area contributed by atoms with E-state index >= 15 is 0 Å². The first kappa shape index (κ1) is 27.0. The van der Waals surface area contributed by atoms with E-state index in [2.05, 4.69) is 156 Å². The molecular weight excluding hydrogens is 571 g/mol. The third-order valence-corrected chi connectivity index (χ3v) is 9.03. The predicted octanol–water partition coefficient (Wildman–Crippen LogP) is 11.4. The summed E-state index contributed by atoms with van der Waals surface area (Å²) < 4.78 is 2.38. The zero-order valence-electron chi connectivity index (χ0n) is 25.6. The molecule has 0 amide bonds. The number of hydrogen-bond acceptors (Lipinski definition) is 2. The molecule has 0 bridgehead atoms. The molecule has 3 heteroatoms. The minimum absolute atomic E-state index is 0.716. The Balaban J connectivity index is 1.29. The van der Waals surface area contributed by atoms with Gasteiger partial charge in [0.2, 0.25) is 0 Å². The van der Waals surface area contributed by atoms with Gasteiger partial charge >= 0.3 is 0 Å². The topological polar surface area (TPSA) is 30.7 Å². The van der Waals surface area contributed by atoms with Crippen molar-refractivity contribution in [1.29, 1.82) is 0 Å². The first-order valence-corrected chi connectivity index (χ1v) is 15.9. The number of nitrogens with zero attached hydrogens (tertiary/aromatic N) is 3. The quantitative estimate of drug-likeness (QED) is 0.197. The summed E-state index contributed by atoms with van der Waals surface area (Å²) in [5.41, 5.74) is 10.9. The highest BCUT2D eigenvalue weighted by atomic mass is 15.0. The summed E-state index contributed by atoms with van der Waals surface area (Å²) in [6, 6.07) is 62.0. The monoisotopic (exact) mass is 599 g/mol. The highest BCUT2D eigenvalue weighted by Crippen LogP contribution is 2.42. The van der Waals surface area contributed by atoms with Crippen molar-refractivity contribution in [2.75, 3.05) is 0 Å². The molecule has 7 aromatic carbocycles. The smallest absolute Gasteiger partial charge is 0.160 e. The fraction of sp³-hybridized carbons (Fsp3) is 0. The van der Waals surface area contributed by atoms with Crippen LogP contribution < -0.4 is 0 Å². The summed E-state index contributed by atoms with van der Waals surface area (Å²) in [7, 11) is 0. The van der Waals surface area contributed by atoms with E-state index in [9.17, 15) is 0 Å².